The molecule has 9 heteroatoms. The second-order valence-electron chi connectivity index (χ2n) is 10.9. The Morgan fingerprint density at radius 1 is 0.952 bits per heavy atom. The van der Waals surface area contributed by atoms with E-state index < -0.39 is 24.2 Å². The zero-order valence-corrected chi connectivity index (χ0v) is 23.6. The number of likely N-dealkylation sites (tertiary alicyclic amines) is 1. The van der Waals surface area contributed by atoms with Crippen molar-refractivity contribution in [1.29, 1.82) is 0 Å². The van der Waals surface area contributed by atoms with Crippen LogP contribution in [0.3, 0.4) is 0 Å². The normalized spacial score (nSPS) is 17.2. The van der Waals surface area contributed by atoms with Gasteiger partial charge < -0.3 is 14.7 Å². The summed E-state index contributed by atoms with van der Waals surface area (Å²) >= 11 is 0. The minimum atomic E-state index is -5.03. The van der Waals surface area contributed by atoms with Gasteiger partial charge in [-0.1, -0.05) is 54.6 Å². The van der Waals surface area contributed by atoms with Gasteiger partial charge >= 0.3 is 12.1 Å². The average Bonchev–Trinajstić information content (AvgIpc) is 2.99. The van der Waals surface area contributed by atoms with Crippen molar-refractivity contribution in [3.8, 4) is 0 Å². The van der Waals surface area contributed by atoms with Gasteiger partial charge in [-0.2, -0.15) is 13.2 Å². The van der Waals surface area contributed by atoms with Crippen LogP contribution in [0.5, 0.6) is 0 Å². The zero-order valence-electron chi connectivity index (χ0n) is 23.6. The summed E-state index contributed by atoms with van der Waals surface area (Å²) in [5.74, 6) is -2.04. The highest BCUT2D eigenvalue weighted by Gasteiger charge is 2.46. The fraction of sp³-hybridized carbons (Fsp3) is 0.303. The zero-order chi connectivity index (χ0) is 29.9. The first kappa shape index (κ1) is 29.1. The maximum Gasteiger partial charge on any atom is 0.471 e. The summed E-state index contributed by atoms with van der Waals surface area (Å²) in [4.78, 5) is 35.7. The van der Waals surface area contributed by atoms with Gasteiger partial charge in [0.2, 0.25) is 0 Å². The summed E-state index contributed by atoms with van der Waals surface area (Å²) in [5, 5.41) is 0.703. The molecule has 218 valence electrons. The minimum Gasteiger partial charge on any atom is -0.378 e. The number of halogens is 3. The number of hydrogen-bond donors (Lipinski definition) is 0. The number of fused-ring (bicyclic) bond motifs is 1. The number of hydrogen-bond acceptors (Lipinski definition) is 4. The molecule has 1 aromatic heterocycles. The Morgan fingerprint density at radius 2 is 1.69 bits per heavy atom. The number of carbonyl (C=O) groups is 2. The fourth-order valence-corrected chi connectivity index (χ4v) is 5.75. The SMILES string of the molecule is CN(C)c1cccc(C(=O)N2CC[C@H](N(Cc3ccnc4ccccc34)C(=O)C(F)(F)F)C[C@H]2Cc2ccccc2)c1. The van der Waals surface area contributed by atoms with E-state index >= 15 is 0 Å². The lowest BCUT2D eigenvalue weighted by atomic mass is 9.90. The van der Waals surface area contributed by atoms with Gasteiger partial charge in [0.1, 0.15) is 0 Å². The Morgan fingerprint density at radius 3 is 2.43 bits per heavy atom. The number of carbonyl (C=O) groups excluding carboxylic acids is 2. The van der Waals surface area contributed by atoms with Crippen molar-refractivity contribution in [2.75, 3.05) is 25.5 Å². The monoisotopic (exact) mass is 574 g/mol. The largest absolute Gasteiger partial charge is 0.471 e. The summed E-state index contributed by atoms with van der Waals surface area (Å²) in [6.45, 7) is 0.0227. The molecular formula is C33H33F3N4O2. The summed E-state index contributed by atoms with van der Waals surface area (Å²) < 4.78 is 41.9. The quantitative estimate of drug-likeness (QED) is 0.267. The number of amides is 2. The standard InChI is InChI=1S/C33H33F3N4O2/c1-38(2)26-12-8-11-24(20-26)31(41)39-18-16-27(21-28(39)19-23-9-4-3-5-10-23)40(32(42)33(34,35)36)22-25-15-17-37-30-14-7-6-13-29(25)30/h3-15,17,20,27-28H,16,18-19,21-22H2,1-2H3/t27-,28+/m0/s1. The first-order chi connectivity index (χ1) is 20.1. The van der Waals surface area contributed by atoms with Crippen LogP contribution in [0.1, 0.15) is 34.3 Å². The summed E-state index contributed by atoms with van der Waals surface area (Å²) in [5.41, 5.74) is 3.61. The topological polar surface area (TPSA) is 56.8 Å². The molecule has 0 N–H and O–H groups in total. The lowest BCUT2D eigenvalue weighted by Crippen LogP contribution is -2.55. The van der Waals surface area contributed by atoms with E-state index in [4.69, 9.17) is 0 Å². The van der Waals surface area contributed by atoms with E-state index in [1.807, 2.05) is 73.6 Å². The molecule has 0 saturated carbocycles. The summed E-state index contributed by atoms with van der Waals surface area (Å²) in [6.07, 6.45) is -2.57. The van der Waals surface area contributed by atoms with Crippen molar-refractivity contribution in [3.05, 3.63) is 108 Å². The highest BCUT2D eigenvalue weighted by Crippen LogP contribution is 2.32. The molecule has 2 amide bonds. The highest BCUT2D eigenvalue weighted by atomic mass is 19.4. The van der Waals surface area contributed by atoms with Gasteiger partial charge in [-0.05, 0) is 60.7 Å². The second-order valence-corrected chi connectivity index (χ2v) is 10.9. The Bertz CT molecular complexity index is 1550. The van der Waals surface area contributed by atoms with Crippen LogP contribution in [-0.4, -0.2) is 65.5 Å². The van der Waals surface area contributed by atoms with Crippen LogP contribution in [0.4, 0.5) is 18.9 Å². The smallest absolute Gasteiger partial charge is 0.378 e. The molecule has 0 unspecified atom stereocenters. The number of anilines is 1. The van der Waals surface area contributed by atoms with Gasteiger partial charge in [0.15, 0.2) is 0 Å². The van der Waals surface area contributed by atoms with E-state index in [0.717, 1.165) is 16.2 Å². The van der Waals surface area contributed by atoms with Crippen LogP contribution >= 0.6 is 0 Å². The molecule has 0 radical (unpaired) electrons. The van der Waals surface area contributed by atoms with Crippen molar-refractivity contribution >= 4 is 28.4 Å². The van der Waals surface area contributed by atoms with Gasteiger partial charge in [0, 0.05) is 62.1 Å². The van der Waals surface area contributed by atoms with Crippen LogP contribution in [0, 0.1) is 0 Å². The van der Waals surface area contributed by atoms with Crippen LogP contribution < -0.4 is 4.90 Å². The predicted molar refractivity (Wildman–Crippen MR) is 157 cm³/mol. The number of nitrogens with zero attached hydrogens (tertiary/aromatic N) is 4. The van der Waals surface area contributed by atoms with E-state index in [0.29, 0.717) is 28.5 Å². The van der Waals surface area contributed by atoms with Gasteiger partial charge in [0.05, 0.1) is 5.52 Å². The van der Waals surface area contributed by atoms with E-state index in [2.05, 4.69) is 4.98 Å². The molecule has 2 atom stereocenters. The maximum atomic E-state index is 14.0. The molecule has 6 nitrogen and oxygen atoms in total. The molecule has 2 heterocycles. The van der Waals surface area contributed by atoms with Gasteiger partial charge in [-0.3, -0.25) is 14.6 Å². The van der Waals surface area contributed by atoms with E-state index in [1.54, 1.807) is 41.4 Å². The summed E-state index contributed by atoms with van der Waals surface area (Å²) in [7, 11) is 3.79. The van der Waals surface area contributed by atoms with Crippen LogP contribution in [-0.2, 0) is 17.8 Å². The molecule has 1 aliphatic rings. The lowest BCUT2D eigenvalue weighted by molar-refractivity contribution is -0.189. The molecule has 5 rings (SSSR count). The first-order valence-electron chi connectivity index (χ1n) is 13.9. The second kappa shape index (κ2) is 12.2. The Balaban J connectivity index is 1.48. The molecule has 0 spiro atoms. The maximum absolute atomic E-state index is 14.0. The van der Waals surface area contributed by atoms with Gasteiger partial charge in [-0.15, -0.1) is 0 Å². The van der Waals surface area contributed by atoms with Crippen LogP contribution in [0.15, 0.2) is 91.1 Å². The number of benzene rings is 3. The van der Waals surface area contributed by atoms with Gasteiger partial charge in [-0.25, -0.2) is 0 Å². The number of piperidine rings is 1. The third-order valence-electron chi connectivity index (χ3n) is 7.90. The van der Waals surface area contributed by atoms with Crippen molar-refractivity contribution in [2.24, 2.45) is 0 Å². The molecular weight excluding hydrogens is 541 g/mol. The van der Waals surface area contributed by atoms with E-state index in [9.17, 15) is 22.8 Å². The number of aromatic nitrogens is 1. The summed E-state index contributed by atoms with van der Waals surface area (Å²) in [6, 6.07) is 24.7. The van der Waals surface area contributed by atoms with Crippen LogP contribution in [0.25, 0.3) is 10.9 Å². The van der Waals surface area contributed by atoms with E-state index in [-0.39, 0.29) is 31.8 Å². The Labute approximate surface area is 243 Å². The van der Waals surface area contributed by atoms with E-state index in [1.165, 1.54) is 0 Å². The first-order valence-corrected chi connectivity index (χ1v) is 13.9. The molecule has 1 aliphatic heterocycles. The van der Waals surface area contributed by atoms with Crippen LogP contribution in [0.2, 0.25) is 0 Å². The molecule has 3 aromatic carbocycles. The van der Waals surface area contributed by atoms with Gasteiger partial charge in [0.25, 0.3) is 5.91 Å². The average molecular weight is 575 g/mol. The molecule has 42 heavy (non-hydrogen) atoms. The van der Waals surface area contributed by atoms with Crippen molar-refractivity contribution in [3.63, 3.8) is 0 Å². The fourth-order valence-electron chi connectivity index (χ4n) is 5.75. The molecule has 1 saturated heterocycles. The highest BCUT2D eigenvalue weighted by molar-refractivity contribution is 5.95. The third-order valence-corrected chi connectivity index (χ3v) is 7.90. The number of rotatable bonds is 7. The third kappa shape index (κ3) is 6.40. The Hall–Kier alpha value is -4.40. The van der Waals surface area contributed by atoms with Crippen molar-refractivity contribution < 1.29 is 22.8 Å². The van der Waals surface area contributed by atoms with Crippen molar-refractivity contribution in [2.45, 2.75) is 44.1 Å². The molecule has 4 aromatic rings. The molecule has 0 bridgehead atoms. The van der Waals surface area contributed by atoms with Crippen molar-refractivity contribution in [1.82, 2.24) is 14.8 Å². The number of alkyl halides is 3. The lowest BCUT2D eigenvalue weighted by Gasteiger charge is -2.44. The molecule has 0 aliphatic carbocycles. The number of pyridine rings is 1. The predicted octanol–water partition coefficient (Wildman–Crippen LogP) is 6.11. The molecule has 1 fully saturated rings. The minimum absolute atomic E-state index is 0.174. The Kier molecular flexibility index (Phi) is 8.47. The number of para-hydroxylation sites is 1.